The van der Waals surface area contributed by atoms with Gasteiger partial charge in [-0.1, -0.05) is 6.07 Å². The molecule has 1 aliphatic heterocycles. The topological polar surface area (TPSA) is 65.8 Å². The Kier molecular flexibility index (Phi) is 6.10. The minimum atomic E-state index is -0.915. The molecule has 140 valence electrons. The summed E-state index contributed by atoms with van der Waals surface area (Å²) in [6, 6.07) is 6.29. The number of halogens is 2. The monoisotopic (exact) mass is 365 g/mol. The number of hydrogen-bond acceptors (Lipinski definition) is 4. The minimum Gasteiger partial charge on any atom is -0.400 e. The van der Waals surface area contributed by atoms with Crippen LogP contribution in [0.3, 0.4) is 0 Å². The molecule has 0 atom stereocenters. The molecule has 2 aromatic rings. The molecular weight excluding hydrogens is 344 g/mol. The second-order valence-corrected chi connectivity index (χ2v) is 6.02. The summed E-state index contributed by atoms with van der Waals surface area (Å²) in [5.41, 5.74) is 0.564. The number of fused-ring (bicyclic) bond motifs is 1. The number of carbonyl (C=O) groups excluding carboxylic acids is 1. The van der Waals surface area contributed by atoms with Crippen LogP contribution in [0.25, 0.3) is 0 Å². The molecule has 0 spiro atoms. The van der Waals surface area contributed by atoms with Crippen LogP contribution in [-0.2, 0) is 6.54 Å². The minimum absolute atomic E-state index is 0.0611. The Labute approximate surface area is 149 Å². The van der Waals surface area contributed by atoms with Crippen molar-refractivity contribution in [3.8, 4) is 0 Å². The second-order valence-electron chi connectivity index (χ2n) is 6.02. The molecule has 1 aromatic carbocycles. The first kappa shape index (κ1) is 19.6. The molecule has 6 nitrogen and oxygen atoms in total. The fraction of sp³-hybridized carbons (Fsp3) is 0.333. The molecule has 0 radical (unpaired) electrons. The van der Waals surface area contributed by atoms with E-state index in [-0.39, 0.29) is 36.3 Å². The van der Waals surface area contributed by atoms with Gasteiger partial charge in [0.1, 0.15) is 12.4 Å². The molecule has 2 heterocycles. The summed E-state index contributed by atoms with van der Waals surface area (Å²) < 4.78 is 28.1. The standard InChI is InChI=1S/C17H17F2N3O2.CH4O/c1-11(2)21-10-20(9-12-3-4-14(18)15(19)7-12)22-6-5-13(23)8-16(22)17(21)24;1-2/h3-8,11H,9-10H2,1-2H3;2H,1H3. The largest absolute Gasteiger partial charge is 0.400 e. The van der Waals surface area contributed by atoms with Crippen molar-refractivity contribution in [3.63, 3.8) is 0 Å². The van der Waals surface area contributed by atoms with Gasteiger partial charge in [0.15, 0.2) is 17.1 Å². The van der Waals surface area contributed by atoms with Crippen molar-refractivity contribution in [2.75, 3.05) is 18.8 Å². The van der Waals surface area contributed by atoms with Crippen molar-refractivity contribution in [1.82, 2.24) is 9.58 Å². The van der Waals surface area contributed by atoms with Gasteiger partial charge in [-0.25, -0.2) is 8.78 Å². The number of aromatic nitrogens is 1. The molecular formula is C18H21F2N3O3. The number of nitrogens with zero attached hydrogens (tertiary/aromatic N) is 3. The van der Waals surface area contributed by atoms with Gasteiger partial charge in [0, 0.05) is 31.5 Å². The lowest BCUT2D eigenvalue weighted by molar-refractivity contribution is 0.0633. The van der Waals surface area contributed by atoms with Crippen LogP contribution in [0, 0.1) is 11.6 Å². The van der Waals surface area contributed by atoms with Crippen LogP contribution in [0.4, 0.5) is 8.78 Å². The zero-order valence-electron chi connectivity index (χ0n) is 14.8. The first-order valence-corrected chi connectivity index (χ1v) is 8.04. The fourth-order valence-electron chi connectivity index (χ4n) is 2.71. The highest BCUT2D eigenvalue weighted by Crippen LogP contribution is 2.18. The Balaban J connectivity index is 0.00000117. The predicted octanol–water partition coefficient (Wildman–Crippen LogP) is 1.69. The molecule has 0 aliphatic carbocycles. The number of amides is 1. The average Bonchev–Trinajstić information content (AvgIpc) is 2.62. The number of carbonyl (C=O) groups is 1. The van der Waals surface area contributed by atoms with Crippen molar-refractivity contribution in [1.29, 1.82) is 0 Å². The van der Waals surface area contributed by atoms with Gasteiger partial charge in [-0.15, -0.1) is 0 Å². The van der Waals surface area contributed by atoms with Crippen molar-refractivity contribution in [2.45, 2.75) is 26.4 Å². The van der Waals surface area contributed by atoms with Gasteiger partial charge in [0.05, 0.1) is 6.54 Å². The van der Waals surface area contributed by atoms with Crippen LogP contribution in [0.15, 0.2) is 41.3 Å². The van der Waals surface area contributed by atoms with E-state index in [1.165, 1.54) is 24.4 Å². The molecule has 0 saturated carbocycles. The second kappa shape index (κ2) is 8.09. The van der Waals surface area contributed by atoms with Gasteiger partial charge in [0.25, 0.3) is 5.91 Å². The third-order valence-electron chi connectivity index (χ3n) is 3.98. The molecule has 0 saturated heterocycles. The summed E-state index contributed by atoms with van der Waals surface area (Å²) in [5.74, 6) is -2.05. The van der Waals surface area contributed by atoms with Crippen molar-refractivity contribution in [3.05, 3.63) is 69.6 Å². The van der Waals surface area contributed by atoms with E-state index in [1.54, 1.807) is 14.6 Å². The first-order chi connectivity index (χ1) is 12.4. The number of pyridine rings is 1. The van der Waals surface area contributed by atoms with E-state index in [0.29, 0.717) is 5.56 Å². The van der Waals surface area contributed by atoms with E-state index in [4.69, 9.17) is 5.11 Å². The van der Waals surface area contributed by atoms with Gasteiger partial charge in [-0.3, -0.25) is 19.3 Å². The number of hydrogen-bond donors (Lipinski definition) is 1. The molecule has 26 heavy (non-hydrogen) atoms. The van der Waals surface area contributed by atoms with Crippen LogP contribution in [0.2, 0.25) is 0 Å². The van der Waals surface area contributed by atoms with Gasteiger partial charge in [0.2, 0.25) is 0 Å². The Morgan fingerprint density at radius 2 is 1.77 bits per heavy atom. The van der Waals surface area contributed by atoms with Gasteiger partial charge in [-0.2, -0.15) is 0 Å². The van der Waals surface area contributed by atoms with Crippen molar-refractivity contribution in [2.24, 2.45) is 0 Å². The highest BCUT2D eigenvalue weighted by molar-refractivity contribution is 5.93. The Hall–Kier alpha value is -2.74. The van der Waals surface area contributed by atoms with Gasteiger partial charge < -0.3 is 10.0 Å². The van der Waals surface area contributed by atoms with E-state index in [1.807, 2.05) is 13.8 Å². The van der Waals surface area contributed by atoms with Crippen LogP contribution in [0.1, 0.15) is 29.9 Å². The normalized spacial score (nSPS) is 13.4. The lowest BCUT2D eigenvalue weighted by Crippen LogP contribution is -2.55. The Morgan fingerprint density at radius 1 is 1.08 bits per heavy atom. The Bertz CT molecular complexity index is 852. The molecule has 0 fully saturated rings. The zero-order chi connectivity index (χ0) is 19.4. The number of aliphatic hydroxyl groups excluding tert-OH is 1. The van der Waals surface area contributed by atoms with Crippen LogP contribution in [0.5, 0.6) is 0 Å². The summed E-state index contributed by atoms with van der Waals surface area (Å²) in [4.78, 5) is 25.8. The smallest absolute Gasteiger partial charge is 0.274 e. The van der Waals surface area contributed by atoms with E-state index >= 15 is 0 Å². The van der Waals surface area contributed by atoms with E-state index in [9.17, 15) is 18.4 Å². The number of rotatable bonds is 3. The lowest BCUT2D eigenvalue weighted by atomic mass is 10.2. The van der Waals surface area contributed by atoms with Crippen molar-refractivity contribution < 1.29 is 18.7 Å². The lowest BCUT2D eigenvalue weighted by Gasteiger charge is -2.41. The SMILES string of the molecule is CC(C)N1CN(Cc2ccc(F)c(F)c2)n2ccc(=O)cc2C1=O.CO. The molecule has 1 amide bonds. The van der Waals surface area contributed by atoms with Crippen LogP contribution < -0.4 is 10.4 Å². The quantitative estimate of drug-likeness (QED) is 0.899. The van der Waals surface area contributed by atoms with Gasteiger partial charge >= 0.3 is 0 Å². The third kappa shape index (κ3) is 3.91. The third-order valence-corrected chi connectivity index (χ3v) is 3.98. The summed E-state index contributed by atoms with van der Waals surface area (Å²) >= 11 is 0. The molecule has 0 unspecified atom stereocenters. The highest BCUT2D eigenvalue weighted by Gasteiger charge is 2.30. The maximum atomic E-state index is 13.4. The molecule has 0 bridgehead atoms. The predicted molar refractivity (Wildman–Crippen MR) is 93.3 cm³/mol. The molecule has 8 heteroatoms. The highest BCUT2D eigenvalue weighted by atomic mass is 19.2. The average molecular weight is 365 g/mol. The maximum Gasteiger partial charge on any atom is 0.274 e. The van der Waals surface area contributed by atoms with Crippen molar-refractivity contribution >= 4 is 5.91 Å². The van der Waals surface area contributed by atoms with Gasteiger partial charge in [-0.05, 0) is 31.5 Å². The first-order valence-electron chi connectivity index (χ1n) is 8.04. The summed E-state index contributed by atoms with van der Waals surface area (Å²) in [7, 11) is 1.00. The van der Waals surface area contributed by atoms with Crippen LogP contribution in [-0.4, -0.2) is 40.4 Å². The zero-order valence-corrected chi connectivity index (χ0v) is 14.8. The number of aliphatic hydroxyl groups is 1. The number of benzene rings is 1. The molecule has 1 N–H and O–H groups in total. The molecule has 3 rings (SSSR count). The molecule has 1 aliphatic rings. The maximum absolute atomic E-state index is 13.4. The summed E-state index contributed by atoms with van der Waals surface area (Å²) in [6.07, 6.45) is 1.52. The van der Waals surface area contributed by atoms with E-state index < -0.39 is 11.6 Å². The van der Waals surface area contributed by atoms with E-state index in [2.05, 4.69) is 0 Å². The molecule has 1 aromatic heterocycles. The van der Waals surface area contributed by atoms with Crippen LogP contribution >= 0.6 is 0 Å². The van der Waals surface area contributed by atoms with E-state index in [0.717, 1.165) is 19.2 Å². The summed E-state index contributed by atoms with van der Waals surface area (Å²) in [5, 5.41) is 8.79. The Morgan fingerprint density at radius 3 is 2.38 bits per heavy atom. The summed E-state index contributed by atoms with van der Waals surface area (Å²) in [6.45, 7) is 4.31. The fourth-order valence-corrected chi connectivity index (χ4v) is 2.71.